The first-order chi connectivity index (χ1) is 38.9. The van der Waals surface area contributed by atoms with Crippen LogP contribution in [0.4, 0.5) is 22.7 Å². The lowest BCUT2D eigenvalue weighted by Gasteiger charge is -2.23. The average molecular weight is 1190 g/mol. The summed E-state index contributed by atoms with van der Waals surface area (Å²) in [5.41, 5.74) is 5.57. The summed E-state index contributed by atoms with van der Waals surface area (Å²) < 4.78 is 45.4. The lowest BCUT2D eigenvalue weighted by Crippen LogP contribution is -2.27. The third-order valence-electron chi connectivity index (χ3n) is 12.6. The molecule has 18 nitrogen and oxygen atoms in total. The number of halogens is 4. The monoisotopic (exact) mass is 1190 g/mol. The Morgan fingerprint density at radius 2 is 0.850 bits per heavy atom. The number of ether oxygens (including phenoxy) is 8. The molecule has 0 atom stereocenters. The molecular weight excluding hydrogens is 1120 g/mol. The van der Waals surface area contributed by atoms with E-state index < -0.39 is 35.0 Å². The van der Waals surface area contributed by atoms with Gasteiger partial charge in [0.05, 0.1) is 60.6 Å². The van der Waals surface area contributed by atoms with Gasteiger partial charge in [-0.3, -0.25) is 29.8 Å². The van der Waals surface area contributed by atoms with Gasteiger partial charge in [-0.2, -0.15) is 0 Å². The SMILES string of the molecule is COCCOCCOc1cc(-c2ccc([N+](=O)[O-])c(COC(=O)CCCc3ccc(N(CCCl)CCCl)cc3)c2)c(-c2ccc([N+](=O)[O-])c(COC(=O)CCCc3ccc(N(CCCl)CCCl)cc3)c2)cc1OCCOCCOC. The van der Waals surface area contributed by atoms with Crippen LogP contribution in [0.2, 0.25) is 0 Å². The fourth-order valence-electron chi connectivity index (χ4n) is 8.50. The largest absolute Gasteiger partial charge is 0.487 e. The Balaban J connectivity index is 1.42. The van der Waals surface area contributed by atoms with Crippen LogP contribution in [-0.4, -0.2) is 139 Å². The number of methoxy groups -OCH3 is 2. The van der Waals surface area contributed by atoms with Gasteiger partial charge in [0.2, 0.25) is 0 Å². The number of rotatable bonds is 40. The fraction of sp³-hybridized carbons (Fsp3) is 0.448. The highest BCUT2D eigenvalue weighted by Gasteiger charge is 2.24. The lowest BCUT2D eigenvalue weighted by molar-refractivity contribution is -0.386. The molecule has 0 radical (unpaired) electrons. The molecule has 0 amide bonds. The summed E-state index contributed by atoms with van der Waals surface area (Å²) in [6, 6.07) is 28.2. The Morgan fingerprint density at radius 3 is 1.19 bits per heavy atom. The molecule has 0 fully saturated rings. The number of carbonyl (C=O) groups is 2. The maximum atomic E-state index is 13.2. The van der Waals surface area contributed by atoms with E-state index in [0.29, 0.717) is 124 Å². The number of nitrogens with zero attached hydrogens (tertiary/aromatic N) is 4. The molecule has 0 heterocycles. The van der Waals surface area contributed by atoms with Crippen molar-refractivity contribution in [3.63, 3.8) is 0 Å². The van der Waals surface area contributed by atoms with Gasteiger partial charge in [0, 0.05) is 100 Å². The number of carbonyl (C=O) groups excluding carboxylic acids is 2. The molecule has 0 aliphatic carbocycles. The third-order valence-corrected chi connectivity index (χ3v) is 13.3. The van der Waals surface area contributed by atoms with Crippen LogP contribution in [0.3, 0.4) is 0 Å². The van der Waals surface area contributed by atoms with E-state index >= 15 is 0 Å². The van der Waals surface area contributed by atoms with Gasteiger partial charge in [-0.05, 0) is 120 Å². The molecule has 5 rings (SSSR count). The van der Waals surface area contributed by atoms with Crippen LogP contribution in [0.5, 0.6) is 11.5 Å². The van der Waals surface area contributed by atoms with Crippen LogP contribution in [0.1, 0.15) is 47.9 Å². The van der Waals surface area contributed by atoms with Crippen molar-refractivity contribution in [3.05, 3.63) is 140 Å². The second-order valence-corrected chi connectivity index (χ2v) is 19.6. The Kier molecular flexibility index (Phi) is 29.5. The third kappa shape index (κ3) is 21.5. The molecule has 0 saturated heterocycles. The minimum atomic E-state index is -0.550. The summed E-state index contributed by atoms with van der Waals surface area (Å²) in [5.74, 6) is 1.34. The quantitative estimate of drug-likeness (QED) is 0.0118. The molecule has 434 valence electrons. The summed E-state index contributed by atoms with van der Waals surface area (Å²) in [4.78, 5) is 54.4. The summed E-state index contributed by atoms with van der Waals surface area (Å²) >= 11 is 24.0. The van der Waals surface area contributed by atoms with Gasteiger partial charge in [-0.1, -0.05) is 24.3 Å². The van der Waals surface area contributed by atoms with E-state index in [1.54, 1.807) is 50.6 Å². The number of hydrogen-bond donors (Lipinski definition) is 0. The van der Waals surface area contributed by atoms with Crippen molar-refractivity contribution in [1.29, 1.82) is 0 Å². The van der Waals surface area contributed by atoms with Gasteiger partial charge in [-0.15, -0.1) is 46.4 Å². The molecule has 80 heavy (non-hydrogen) atoms. The number of nitro groups is 2. The Hall–Kier alpha value is -5.96. The van der Waals surface area contributed by atoms with Crippen molar-refractivity contribution in [2.75, 3.05) is 127 Å². The predicted molar refractivity (Wildman–Crippen MR) is 313 cm³/mol. The van der Waals surface area contributed by atoms with E-state index in [2.05, 4.69) is 9.80 Å². The number of hydrogen-bond acceptors (Lipinski definition) is 16. The van der Waals surface area contributed by atoms with Gasteiger partial charge in [-0.25, -0.2) is 0 Å². The van der Waals surface area contributed by atoms with Crippen LogP contribution in [0.15, 0.2) is 97.1 Å². The molecule has 22 heteroatoms. The van der Waals surface area contributed by atoms with Gasteiger partial charge < -0.3 is 47.7 Å². The zero-order valence-corrected chi connectivity index (χ0v) is 48.2. The highest BCUT2D eigenvalue weighted by Crippen LogP contribution is 2.43. The predicted octanol–water partition coefficient (Wildman–Crippen LogP) is 11.6. The first-order valence-electron chi connectivity index (χ1n) is 26.3. The summed E-state index contributed by atoms with van der Waals surface area (Å²) in [6.07, 6.45) is 2.27. The Labute approximate surface area is 487 Å². The van der Waals surface area contributed by atoms with Crippen LogP contribution < -0.4 is 19.3 Å². The second kappa shape index (κ2) is 36.4. The highest BCUT2D eigenvalue weighted by molar-refractivity contribution is 6.19. The maximum Gasteiger partial charge on any atom is 0.306 e. The molecule has 0 N–H and O–H groups in total. The van der Waals surface area contributed by atoms with Crippen LogP contribution in [0.25, 0.3) is 22.3 Å². The van der Waals surface area contributed by atoms with Crippen LogP contribution in [-0.2, 0) is 64.1 Å². The number of aryl methyl sites for hydroxylation is 2. The first kappa shape index (κ1) is 64.9. The van der Waals surface area contributed by atoms with Gasteiger partial charge in [0.1, 0.15) is 26.4 Å². The zero-order chi connectivity index (χ0) is 57.5. The molecule has 5 aromatic carbocycles. The van der Waals surface area contributed by atoms with Crippen molar-refractivity contribution in [2.24, 2.45) is 0 Å². The van der Waals surface area contributed by atoms with Crippen molar-refractivity contribution < 1.29 is 57.3 Å². The molecule has 0 saturated carbocycles. The van der Waals surface area contributed by atoms with E-state index in [4.69, 9.17) is 84.3 Å². The molecule has 0 aliphatic rings. The molecule has 0 unspecified atom stereocenters. The normalized spacial score (nSPS) is 11.1. The lowest BCUT2D eigenvalue weighted by atomic mass is 9.91. The zero-order valence-electron chi connectivity index (χ0n) is 45.2. The molecule has 0 bridgehead atoms. The van der Waals surface area contributed by atoms with Crippen molar-refractivity contribution in [2.45, 2.75) is 51.7 Å². The number of anilines is 2. The van der Waals surface area contributed by atoms with E-state index in [1.807, 2.05) is 48.5 Å². The topological polar surface area (TPSA) is 201 Å². The van der Waals surface area contributed by atoms with Gasteiger partial charge in [0.25, 0.3) is 11.4 Å². The van der Waals surface area contributed by atoms with Gasteiger partial charge in [0.15, 0.2) is 11.5 Å². The standard InChI is InChI=1S/C58H70Cl4N4O14/c1-73-29-31-75-33-35-77-55-39-51(45-13-19-53(65(69)70)47(37-45)41-79-57(67)7-3-5-43-9-15-49(16-10-43)63(25-21-59)26-22-60)52(40-56(55)78-36-34-76-32-30-74-2)46-14-20-54(66(71)72)48(38-46)42-80-58(68)8-4-6-44-11-17-50(18-12-44)64(27-23-61)28-24-62/h9-20,37-40H,3-8,21-36,41-42H2,1-2H3. The van der Waals surface area contributed by atoms with Crippen molar-refractivity contribution >= 4 is 81.1 Å². The number of nitro benzene ring substituents is 2. The molecule has 0 aliphatic heterocycles. The fourth-order valence-corrected chi connectivity index (χ4v) is 9.31. The van der Waals surface area contributed by atoms with E-state index in [0.717, 1.165) is 22.5 Å². The second-order valence-electron chi connectivity index (χ2n) is 18.0. The Morgan fingerprint density at radius 1 is 0.487 bits per heavy atom. The number of esters is 2. The molecular formula is C58H70Cl4N4O14. The number of benzene rings is 5. The van der Waals surface area contributed by atoms with Crippen LogP contribution in [0, 0.1) is 20.2 Å². The minimum absolute atomic E-state index is 0.0657. The summed E-state index contributed by atoms with van der Waals surface area (Å²) in [7, 11) is 3.13. The summed E-state index contributed by atoms with van der Waals surface area (Å²) in [5, 5.41) is 24.9. The summed E-state index contributed by atoms with van der Waals surface area (Å²) in [6.45, 7) is 3.83. The highest BCUT2D eigenvalue weighted by atomic mass is 35.5. The first-order valence-corrected chi connectivity index (χ1v) is 28.4. The average Bonchev–Trinajstić information content (AvgIpc) is 3.47. The minimum Gasteiger partial charge on any atom is -0.487 e. The molecule has 0 spiro atoms. The molecule has 5 aromatic rings. The van der Waals surface area contributed by atoms with Crippen molar-refractivity contribution in [3.8, 4) is 33.8 Å². The van der Waals surface area contributed by atoms with E-state index in [9.17, 15) is 29.8 Å². The van der Waals surface area contributed by atoms with E-state index in [-0.39, 0.29) is 73.3 Å². The molecule has 0 aromatic heterocycles. The van der Waals surface area contributed by atoms with E-state index in [1.165, 1.54) is 12.1 Å². The Bertz CT molecular complexity index is 2510. The maximum absolute atomic E-state index is 13.2. The smallest absolute Gasteiger partial charge is 0.306 e. The number of alkyl halides is 4. The van der Waals surface area contributed by atoms with Crippen molar-refractivity contribution in [1.82, 2.24) is 0 Å². The van der Waals surface area contributed by atoms with Crippen LogP contribution >= 0.6 is 46.4 Å². The van der Waals surface area contributed by atoms with Gasteiger partial charge >= 0.3 is 11.9 Å².